The van der Waals surface area contributed by atoms with Crippen molar-refractivity contribution in [2.24, 2.45) is 11.8 Å². The molecule has 2 fully saturated rings. The predicted molar refractivity (Wildman–Crippen MR) is 86.6 cm³/mol. The molecule has 0 aromatic carbocycles. The summed E-state index contributed by atoms with van der Waals surface area (Å²) < 4.78 is 10.5. The summed E-state index contributed by atoms with van der Waals surface area (Å²) in [5.41, 5.74) is 0. The molecule has 2 aliphatic carbocycles. The second kappa shape index (κ2) is 9.77. The van der Waals surface area contributed by atoms with Gasteiger partial charge in [-0.25, -0.2) is 0 Å². The van der Waals surface area contributed by atoms with Gasteiger partial charge in [0, 0.05) is 27.4 Å². The zero-order valence-electron chi connectivity index (χ0n) is 15.1. The highest BCUT2D eigenvalue weighted by atomic mass is 17.0. The van der Waals surface area contributed by atoms with E-state index in [-0.39, 0.29) is 30.1 Å². The molecule has 0 spiro atoms. The minimum atomic E-state index is -0.985. The highest BCUT2D eigenvalue weighted by molar-refractivity contribution is 4.93. The molecular formula is C16H30NO9+. The van der Waals surface area contributed by atoms with Crippen LogP contribution in [0, 0.1) is 16.7 Å². The highest BCUT2D eigenvalue weighted by Gasteiger charge is 2.52. The maximum Gasteiger partial charge on any atom is 0.478 e. The number of methoxy groups -OCH3 is 2. The van der Waals surface area contributed by atoms with Crippen molar-refractivity contribution in [3.8, 4) is 0 Å². The topological polar surface area (TPSA) is 138 Å². The second-order valence-electron chi connectivity index (χ2n) is 6.91. The minimum absolute atomic E-state index is 0.0848. The van der Waals surface area contributed by atoms with Crippen LogP contribution in [0.1, 0.15) is 25.7 Å². The molecule has 8 atom stereocenters. The van der Waals surface area contributed by atoms with E-state index in [1.54, 1.807) is 0 Å². The van der Waals surface area contributed by atoms with E-state index < -0.39 is 36.6 Å². The van der Waals surface area contributed by atoms with Crippen molar-refractivity contribution in [1.82, 2.24) is 0 Å². The summed E-state index contributed by atoms with van der Waals surface area (Å²) in [6, 6.07) is 0. The fourth-order valence-corrected chi connectivity index (χ4v) is 3.97. The molecule has 26 heavy (non-hydrogen) atoms. The lowest BCUT2D eigenvalue weighted by atomic mass is 10.0. The number of hydrogen-bond acceptors (Lipinski definition) is 9. The first-order valence-electron chi connectivity index (χ1n) is 8.91. The molecule has 10 heteroatoms. The molecule has 2 aliphatic rings. The summed E-state index contributed by atoms with van der Waals surface area (Å²) >= 11 is 0. The molecule has 0 saturated heterocycles. The Labute approximate surface area is 152 Å². The van der Waals surface area contributed by atoms with Gasteiger partial charge in [0.05, 0.1) is 0 Å². The molecule has 0 bridgehead atoms. The van der Waals surface area contributed by atoms with Gasteiger partial charge in [0.1, 0.15) is 29.3 Å². The van der Waals surface area contributed by atoms with Crippen molar-refractivity contribution in [3.63, 3.8) is 0 Å². The lowest BCUT2D eigenvalue weighted by Crippen LogP contribution is -2.42. The lowest BCUT2D eigenvalue weighted by molar-refractivity contribution is -0.995. The van der Waals surface area contributed by atoms with Gasteiger partial charge in [-0.05, 0) is 37.5 Å². The SMILES string of the molecule is COC1CC(CCO)C(O)C1O[N+](=O)OC1C(OC)CC(CCO)C1O. The first-order valence-corrected chi connectivity index (χ1v) is 8.91. The van der Waals surface area contributed by atoms with E-state index in [1.165, 1.54) is 14.2 Å². The molecule has 2 rings (SSSR count). The highest BCUT2D eigenvalue weighted by Crippen LogP contribution is 2.35. The molecule has 152 valence electrons. The molecule has 0 amide bonds. The number of rotatable bonds is 10. The van der Waals surface area contributed by atoms with Crippen LogP contribution in [0.25, 0.3) is 0 Å². The second-order valence-corrected chi connectivity index (χ2v) is 6.91. The monoisotopic (exact) mass is 380 g/mol. The Bertz CT molecular complexity index is 413. The Morgan fingerprint density at radius 3 is 1.54 bits per heavy atom. The van der Waals surface area contributed by atoms with Crippen molar-refractivity contribution in [3.05, 3.63) is 4.91 Å². The van der Waals surface area contributed by atoms with Crippen LogP contribution in [-0.2, 0) is 19.1 Å². The smallest absolute Gasteiger partial charge is 0.396 e. The number of hydrogen-bond donors (Lipinski definition) is 4. The van der Waals surface area contributed by atoms with E-state index >= 15 is 0 Å². The summed E-state index contributed by atoms with van der Waals surface area (Å²) in [5, 5.41) is 38.7. The zero-order chi connectivity index (χ0) is 19.3. The van der Waals surface area contributed by atoms with E-state index in [2.05, 4.69) is 0 Å². The largest absolute Gasteiger partial charge is 0.478 e. The van der Waals surface area contributed by atoms with Crippen LogP contribution in [0.5, 0.6) is 0 Å². The number of nitrogens with zero attached hydrogens (tertiary/aromatic N) is 1. The fraction of sp³-hybridized carbons (Fsp3) is 1.00. The average molecular weight is 380 g/mol. The van der Waals surface area contributed by atoms with Gasteiger partial charge in [-0.1, -0.05) is 0 Å². The third kappa shape index (κ3) is 4.62. The van der Waals surface area contributed by atoms with Crippen molar-refractivity contribution >= 4 is 0 Å². The minimum Gasteiger partial charge on any atom is -0.396 e. The summed E-state index contributed by atoms with van der Waals surface area (Å²) in [6.07, 6.45) is -3.26. The van der Waals surface area contributed by atoms with Crippen molar-refractivity contribution < 1.29 is 44.7 Å². The van der Waals surface area contributed by atoms with Gasteiger partial charge in [0.2, 0.25) is 12.2 Å². The zero-order valence-corrected chi connectivity index (χ0v) is 15.1. The van der Waals surface area contributed by atoms with Gasteiger partial charge in [-0.2, -0.15) is 9.68 Å². The fourth-order valence-electron chi connectivity index (χ4n) is 3.97. The summed E-state index contributed by atoms with van der Waals surface area (Å²) in [6.45, 7) is -0.170. The van der Waals surface area contributed by atoms with Gasteiger partial charge >= 0.3 is 5.09 Å². The van der Waals surface area contributed by atoms with Crippen LogP contribution in [-0.4, -0.2) is 89.6 Å². The quantitative estimate of drug-likeness (QED) is 0.349. The van der Waals surface area contributed by atoms with Crippen molar-refractivity contribution in [1.29, 1.82) is 0 Å². The maximum atomic E-state index is 12.1. The Balaban J connectivity index is 1.96. The molecule has 0 heterocycles. The van der Waals surface area contributed by atoms with Crippen LogP contribution in [0.4, 0.5) is 0 Å². The third-order valence-electron chi connectivity index (χ3n) is 5.46. The molecule has 4 N–H and O–H groups in total. The summed E-state index contributed by atoms with van der Waals surface area (Å²) in [5.74, 6) is -0.498. The van der Waals surface area contributed by atoms with Crippen molar-refractivity contribution in [2.45, 2.75) is 62.3 Å². The normalized spacial score (nSPS) is 39.9. The maximum absolute atomic E-state index is 12.1. The number of aliphatic hydroxyl groups is 4. The molecule has 10 nitrogen and oxygen atoms in total. The Morgan fingerprint density at radius 1 is 0.846 bits per heavy atom. The van der Waals surface area contributed by atoms with Crippen LogP contribution >= 0.6 is 0 Å². The summed E-state index contributed by atoms with van der Waals surface area (Å²) in [7, 11) is 2.90. The predicted octanol–water partition coefficient (Wildman–Crippen LogP) is -1.08. The van der Waals surface area contributed by atoms with E-state index in [1.807, 2.05) is 0 Å². The van der Waals surface area contributed by atoms with E-state index in [4.69, 9.17) is 29.4 Å². The van der Waals surface area contributed by atoms with E-state index in [0.29, 0.717) is 25.7 Å². The number of aliphatic hydroxyl groups excluding tert-OH is 4. The molecule has 0 radical (unpaired) electrons. The molecule has 2 saturated carbocycles. The average Bonchev–Trinajstić information content (AvgIpc) is 3.08. The summed E-state index contributed by atoms with van der Waals surface area (Å²) in [4.78, 5) is 22.5. The molecular weight excluding hydrogens is 350 g/mol. The number of ether oxygens (including phenoxy) is 2. The Kier molecular flexibility index (Phi) is 7.99. The van der Waals surface area contributed by atoms with E-state index in [0.717, 1.165) is 0 Å². The van der Waals surface area contributed by atoms with Gasteiger partial charge in [0.25, 0.3) is 0 Å². The van der Waals surface area contributed by atoms with Gasteiger partial charge in [0.15, 0.2) is 0 Å². The third-order valence-corrected chi connectivity index (χ3v) is 5.46. The van der Waals surface area contributed by atoms with Crippen LogP contribution in [0.2, 0.25) is 0 Å². The van der Waals surface area contributed by atoms with Gasteiger partial charge in [-0.15, -0.1) is 0 Å². The van der Waals surface area contributed by atoms with Crippen molar-refractivity contribution in [2.75, 3.05) is 27.4 Å². The van der Waals surface area contributed by atoms with Gasteiger partial charge in [-0.3, -0.25) is 0 Å². The van der Waals surface area contributed by atoms with Crippen LogP contribution in [0.3, 0.4) is 0 Å². The van der Waals surface area contributed by atoms with Crippen LogP contribution in [0.15, 0.2) is 0 Å². The molecule has 0 aromatic heterocycles. The first kappa shape index (κ1) is 21.3. The van der Waals surface area contributed by atoms with Gasteiger partial charge < -0.3 is 29.9 Å². The Morgan fingerprint density at radius 2 is 1.23 bits per heavy atom. The molecule has 0 aromatic rings. The molecule has 0 aliphatic heterocycles. The Hall–Kier alpha value is -1.04. The lowest BCUT2D eigenvalue weighted by Gasteiger charge is -2.18. The standard InChI is InChI=1S/C16H30NO9/c1-23-11-7-9(3-5-18)13(20)15(11)25-17(22)26-16-12(24-2)8-10(4-6-19)14(16)21/h9-16,18-21H,3-8H2,1-2H3/q+1. The molecule has 8 unspecified atom stereocenters. The van der Waals surface area contributed by atoms with E-state index in [9.17, 15) is 15.1 Å². The first-order chi connectivity index (χ1) is 12.5. The van der Waals surface area contributed by atoms with Crippen LogP contribution < -0.4 is 0 Å².